The lowest BCUT2D eigenvalue weighted by Crippen LogP contribution is -2.43. The fourth-order valence-electron chi connectivity index (χ4n) is 3.45. The highest BCUT2D eigenvalue weighted by Crippen LogP contribution is 2.26. The van der Waals surface area contributed by atoms with Gasteiger partial charge in [0.15, 0.2) is 5.78 Å². The quantitative estimate of drug-likeness (QED) is 0.521. The molecule has 8 heteroatoms. The molecule has 2 aromatic rings. The zero-order chi connectivity index (χ0) is 21.2. The van der Waals surface area contributed by atoms with Gasteiger partial charge >= 0.3 is 5.97 Å². The number of carbonyl (C=O) groups excluding carboxylic acids is 2. The van der Waals surface area contributed by atoms with Crippen LogP contribution in [0.4, 0.5) is 0 Å². The van der Waals surface area contributed by atoms with E-state index in [9.17, 15) is 18.0 Å². The molecule has 1 atom stereocenters. The number of sulfonamides is 1. The van der Waals surface area contributed by atoms with Crippen molar-refractivity contribution in [1.82, 2.24) is 8.87 Å². The van der Waals surface area contributed by atoms with Gasteiger partial charge in [-0.25, -0.2) is 13.2 Å². The van der Waals surface area contributed by atoms with Gasteiger partial charge in [0.25, 0.3) is 0 Å². The summed E-state index contributed by atoms with van der Waals surface area (Å²) in [5.41, 5.74) is 1.70. The molecule has 0 aliphatic carbocycles. The van der Waals surface area contributed by atoms with Crippen LogP contribution in [0.15, 0.2) is 35.2 Å². The maximum atomic E-state index is 13.3. The summed E-state index contributed by atoms with van der Waals surface area (Å²) < 4.78 is 33.6. The molecule has 28 heavy (non-hydrogen) atoms. The number of aromatic nitrogens is 1. The molecule has 7 nitrogen and oxygen atoms in total. The van der Waals surface area contributed by atoms with E-state index in [2.05, 4.69) is 0 Å². The highest BCUT2D eigenvalue weighted by atomic mass is 32.2. The normalized spacial score (nSPS) is 12.8. The molecule has 0 bridgehead atoms. The van der Waals surface area contributed by atoms with E-state index in [1.54, 1.807) is 57.5 Å². The van der Waals surface area contributed by atoms with Crippen molar-refractivity contribution in [3.63, 3.8) is 0 Å². The van der Waals surface area contributed by atoms with E-state index in [4.69, 9.17) is 4.74 Å². The molecule has 1 heterocycles. The molecule has 1 aromatic heterocycles. The summed E-state index contributed by atoms with van der Waals surface area (Å²) in [5.74, 6) is -0.902. The molecule has 0 spiro atoms. The number of Topliss-reactive ketones (excluding diaryl/α,β-unsaturated/α-hetero) is 1. The minimum atomic E-state index is -3.84. The molecule has 152 valence electrons. The summed E-state index contributed by atoms with van der Waals surface area (Å²) in [5, 5.41) is 0. The molecule has 0 aliphatic rings. The zero-order valence-electron chi connectivity index (χ0n) is 17.0. The fraction of sp³-hybridized carbons (Fsp3) is 0.400. The summed E-state index contributed by atoms with van der Waals surface area (Å²) in [6.45, 7) is 6.78. The number of hydrogen-bond donors (Lipinski definition) is 0. The lowest BCUT2D eigenvalue weighted by Gasteiger charge is -2.26. The molecule has 1 aromatic carbocycles. The van der Waals surface area contributed by atoms with Crippen LogP contribution in [0.1, 0.15) is 46.0 Å². The van der Waals surface area contributed by atoms with Crippen LogP contribution >= 0.6 is 0 Å². The van der Waals surface area contributed by atoms with E-state index in [1.807, 2.05) is 0 Å². The van der Waals surface area contributed by atoms with E-state index < -0.39 is 22.0 Å². The molecule has 1 unspecified atom stereocenters. The number of esters is 1. The molecule has 0 fully saturated rings. The molecule has 2 rings (SSSR count). The van der Waals surface area contributed by atoms with Gasteiger partial charge < -0.3 is 9.30 Å². The smallest absolute Gasteiger partial charge is 0.354 e. The number of benzene rings is 1. The van der Waals surface area contributed by atoms with Crippen molar-refractivity contribution in [3.05, 3.63) is 52.8 Å². The summed E-state index contributed by atoms with van der Waals surface area (Å²) in [6.07, 6.45) is 0. The van der Waals surface area contributed by atoms with Crippen LogP contribution in [0.5, 0.6) is 0 Å². The highest BCUT2D eigenvalue weighted by molar-refractivity contribution is 7.89. The fourth-order valence-corrected chi connectivity index (χ4v) is 5.07. The van der Waals surface area contributed by atoms with Crippen molar-refractivity contribution in [2.45, 2.75) is 38.6 Å². The van der Waals surface area contributed by atoms with Crippen molar-refractivity contribution in [1.29, 1.82) is 0 Å². The number of carbonyl (C=O) groups is 2. The van der Waals surface area contributed by atoms with Crippen LogP contribution in [0.2, 0.25) is 0 Å². The lowest BCUT2D eigenvalue weighted by molar-refractivity contribution is 0.0588. The predicted octanol–water partition coefficient (Wildman–Crippen LogP) is 2.71. The molecule has 0 saturated carbocycles. The van der Waals surface area contributed by atoms with Gasteiger partial charge in [0, 0.05) is 24.8 Å². The average Bonchev–Trinajstić information content (AvgIpc) is 2.90. The summed E-state index contributed by atoms with van der Waals surface area (Å²) in [4.78, 5) is 25.5. The van der Waals surface area contributed by atoms with E-state index in [-0.39, 0.29) is 22.9 Å². The van der Waals surface area contributed by atoms with Gasteiger partial charge in [-0.2, -0.15) is 4.31 Å². The SMILES string of the molecule is CCN(C(C)C(=O)c1c(C)c(C(=O)OC)n(C)c1C)S(=O)(=O)c1ccccc1. The van der Waals surface area contributed by atoms with Crippen LogP contribution in [-0.4, -0.2) is 48.7 Å². The first-order valence-electron chi connectivity index (χ1n) is 8.94. The zero-order valence-corrected chi connectivity index (χ0v) is 17.8. The first-order valence-corrected chi connectivity index (χ1v) is 10.4. The van der Waals surface area contributed by atoms with Crippen LogP contribution in [0.25, 0.3) is 0 Å². The second-order valence-electron chi connectivity index (χ2n) is 6.55. The molecule has 0 radical (unpaired) electrons. The van der Waals surface area contributed by atoms with Crippen LogP contribution in [0.3, 0.4) is 0 Å². The number of rotatable bonds is 7. The Kier molecular flexibility index (Phi) is 6.46. The monoisotopic (exact) mass is 406 g/mol. The van der Waals surface area contributed by atoms with Gasteiger partial charge in [-0.3, -0.25) is 4.79 Å². The van der Waals surface area contributed by atoms with Gasteiger partial charge in [-0.1, -0.05) is 25.1 Å². The van der Waals surface area contributed by atoms with Crippen LogP contribution in [0, 0.1) is 13.8 Å². The molecule has 0 aliphatic heterocycles. The van der Waals surface area contributed by atoms with Crippen molar-refractivity contribution >= 4 is 21.8 Å². The minimum absolute atomic E-state index is 0.133. The number of hydrogen-bond acceptors (Lipinski definition) is 5. The minimum Gasteiger partial charge on any atom is -0.464 e. The van der Waals surface area contributed by atoms with Gasteiger partial charge in [-0.15, -0.1) is 0 Å². The molecule has 0 N–H and O–H groups in total. The first kappa shape index (κ1) is 21.8. The number of ether oxygens (including phenoxy) is 1. The van der Waals surface area contributed by atoms with Crippen molar-refractivity contribution < 1.29 is 22.7 Å². The van der Waals surface area contributed by atoms with Crippen molar-refractivity contribution in [2.24, 2.45) is 7.05 Å². The topological polar surface area (TPSA) is 85.7 Å². The Morgan fingerprint density at radius 3 is 2.25 bits per heavy atom. The van der Waals surface area contributed by atoms with Gasteiger partial charge in [0.2, 0.25) is 10.0 Å². The third kappa shape index (κ3) is 3.62. The maximum Gasteiger partial charge on any atom is 0.354 e. The predicted molar refractivity (Wildman–Crippen MR) is 106 cm³/mol. The summed E-state index contributed by atoms with van der Waals surface area (Å²) in [7, 11) is -0.887. The summed E-state index contributed by atoms with van der Waals surface area (Å²) >= 11 is 0. The average molecular weight is 407 g/mol. The van der Waals surface area contributed by atoms with E-state index in [0.717, 1.165) is 0 Å². The third-order valence-corrected chi connectivity index (χ3v) is 7.09. The van der Waals surface area contributed by atoms with Crippen molar-refractivity contribution in [3.8, 4) is 0 Å². The third-order valence-electron chi connectivity index (χ3n) is 5.03. The number of methoxy groups -OCH3 is 1. The van der Waals surface area contributed by atoms with Crippen LogP contribution in [-0.2, 0) is 21.8 Å². The number of ketones is 1. The lowest BCUT2D eigenvalue weighted by atomic mass is 10.0. The first-order chi connectivity index (χ1) is 13.1. The summed E-state index contributed by atoms with van der Waals surface area (Å²) in [6, 6.07) is 7.09. The Labute approximate surface area is 166 Å². The van der Waals surface area contributed by atoms with Gasteiger partial charge in [0.1, 0.15) is 5.69 Å². The Balaban J connectivity index is 2.51. The van der Waals surface area contributed by atoms with Crippen LogP contribution < -0.4 is 0 Å². The van der Waals surface area contributed by atoms with E-state index >= 15 is 0 Å². The molecular formula is C20H26N2O5S. The van der Waals surface area contributed by atoms with Crippen molar-refractivity contribution in [2.75, 3.05) is 13.7 Å². The molecular weight excluding hydrogens is 380 g/mol. The Morgan fingerprint density at radius 1 is 1.18 bits per heavy atom. The maximum absolute atomic E-state index is 13.3. The Bertz CT molecular complexity index is 993. The second-order valence-corrected chi connectivity index (χ2v) is 8.44. The Morgan fingerprint density at radius 2 is 1.75 bits per heavy atom. The second kappa shape index (κ2) is 8.28. The van der Waals surface area contributed by atoms with E-state index in [0.29, 0.717) is 16.8 Å². The molecule has 0 amide bonds. The highest BCUT2D eigenvalue weighted by Gasteiger charge is 2.35. The number of likely N-dealkylation sites (N-methyl/N-ethyl adjacent to an activating group) is 1. The van der Waals surface area contributed by atoms with Gasteiger partial charge in [0.05, 0.1) is 18.0 Å². The molecule has 0 saturated heterocycles. The standard InChI is InChI=1S/C20H26N2O5S/c1-7-22(28(25,26)16-11-9-8-10-12-16)15(4)19(23)17-13(2)18(20(24)27-6)21(5)14(17)3/h8-12,15H,7H2,1-6H3. The number of nitrogens with zero attached hydrogens (tertiary/aromatic N) is 2. The van der Waals surface area contributed by atoms with Gasteiger partial charge in [-0.05, 0) is 38.5 Å². The largest absolute Gasteiger partial charge is 0.464 e. The van der Waals surface area contributed by atoms with E-state index in [1.165, 1.54) is 23.5 Å². The Hall–Kier alpha value is -2.45.